The van der Waals surface area contributed by atoms with Gasteiger partial charge >= 0.3 is 12.1 Å². The van der Waals surface area contributed by atoms with Crippen molar-refractivity contribution in [2.75, 3.05) is 20.2 Å². The van der Waals surface area contributed by atoms with Crippen molar-refractivity contribution in [3.05, 3.63) is 70.3 Å². The van der Waals surface area contributed by atoms with Crippen LogP contribution in [0.5, 0.6) is 0 Å². The summed E-state index contributed by atoms with van der Waals surface area (Å²) in [5.41, 5.74) is 0.807. The Hall–Kier alpha value is -3.36. The van der Waals surface area contributed by atoms with Gasteiger partial charge in [0, 0.05) is 36.5 Å². The van der Waals surface area contributed by atoms with Crippen LogP contribution in [0.3, 0.4) is 0 Å². The molecule has 3 fully saturated rings. The van der Waals surface area contributed by atoms with Gasteiger partial charge in [0.2, 0.25) is 5.91 Å². The van der Waals surface area contributed by atoms with E-state index in [2.05, 4.69) is 10.1 Å². The summed E-state index contributed by atoms with van der Waals surface area (Å²) in [4.78, 5) is 38.9. The Bertz CT molecular complexity index is 1210. The van der Waals surface area contributed by atoms with Crippen LogP contribution < -0.4 is 5.32 Å². The number of piperidine rings is 1. The molecular formula is C29H31F3N2O4. The molecule has 1 saturated heterocycles. The summed E-state index contributed by atoms with van der Waals surface area (Å²) < 4.78 is 46.3. The molecule has 6 nitrogen and oxygen atoms in total. The Morgan fingerprint density at radius 3 is 2.18 bits per heavy atom. The third kappa shape index (κ3) is 5.42. The minimum Gasteiger partial charge on any atom is -0.465 e. The molecule has 3 atom stereocenters. The lowest BCUT2D eigenvalue weighted by atomic mass is 9.81. The number of hydrogen-bond donors (Lipinski definition) is 1. The maximum absolute atomic E-state index is 13.9. The van der Waals surface area contributed by atoms with Gasteiger partial charge in [-0.25, -0.2) is 4.79 Å². The van der Waals surface area contributed by atoms with Gasteiger partial charge in [-0.3, -0.25) is 9.59 Å². The van der Waals surface area contributed by atoms with E-state index in [1.165, 1.54) is 19.2 Å². The summed E-state index contributed by atoms with van der Waals surface area (Å²) in [6.07, 6.45) is 0.0776. The predicted molar refractivity (Wildman–Crippen MR) is 134 cm³/mol. The van der Waals surface area contributed by atoms with Crippen molar-refractivity contribution in [3.8, 4) is 0 Å². The zero-order chi connectivity index (χ0) is 27.0. The number of alkyl halides is 3. The number of esters is 1. The number of nitrogens with zero attached hydrogens (tertiary/aromatic N) is 1. The van der Waals surface area contributed by atoms with Crippen molar-refractivity contribution in [2.45, 2.75) is 56.7 Å². The number of methoxy groups -OCH3 is 1. The number of carbonyl (C=O) groups excluding carboxylic acids is 3. The molecule has 1 heterocycles. The molecule has 202 valence electrons. The fraction of sp³-hybridized carbons (Fsp3) is 0.483. The first-order chi connectivity index (χ1) is 18.2. The Morgan fingerprint density at radius 2 is 1.58 bits per heavy atom. The van der Waals surface area contributed by atoms with Crippen LogP contribution in [0.25, 0.3) is 0 Å². The van der Waals surface area contributed by atoms with Gasteiger partial charge in [-0.05, 0) is 54.2 Å². The first-order valence-electron chi connectivity index (χ1n) is 13.1. The standard InChI is InChI=1S/C29H31F3N2O4/c1-38-28(37)19-9-7-17(8-10-19)13-25(35)34-15-22-23(16-34)26(22)33-27(36)20-11-12-21(18-5-3-2-4-6-18)24(14-20)29(30,31)32/h7-12,14,18,22-23,26H,2-6,13,15-16H2,1H3,(H,33,36)/t22-,23+,26?. The number of halogens is 3. The summed E-state index contributed by atoms with van der Waals surface area (Å²) in [5.74, 6) is -0.892. The summed E-state index contributed by atoms with van der Waals surface area (Å²) in [5, 5.41) is 2.89. The Morgan fingerprint density at radius 1 is 0.947 bits per heavy atom. The van der Waals surface area contributed by atoms with Crippen molar-refractivity contribution in [3.63, 3.8) is 0 Å². The minimum atomic E-state index is -4.51. The van der Waals surface area contributed by atoms with E-state index in [1.807, 2.05) is 0 Å². The molecule has 2 amide bonds. The summed E-state index contributed by atoms with van der Waals surface area (Å²) in [6.45, 7) is 1.01. The number of fused-ring (bicyclic) bond motifs is 1. The number of amides is 2. The largest absolute Gasteiger partial charge is 0.465 e. The SMILES string of the molecule is COC(=O)c1ccc(CC(=O)N2C[C@@H]3C(NC(=O)c4ccc(C5CCCCC5)c(C(F)(F)F)c4)[C@@H]3C2)cc1. The lowest BCUT2D eigenvalue weighted by Crippen LogP contribution is -2.38. The van der Waals surface area contributed by atoms with Gasteiger partial charge in [0.1, 0.15) is 0 Å². The Labute approximate surface area is 219 Å². The van der Waals surface area contributed by atoms with Crippen molar-refractivity contribution in [1.82, 2.24) is 10.2 Å². The van der Waals surface area contributed by atoms with Crippen LogP contribution in [0.15, 0.2) is 42.5 Å². The van der Waals surface area contributed by atoms with Crippen LogP contribution in [-0.4, -0.2) is 48.9 Å². The number of nitrogens with one attached hydrogen (secondary N) is 1. The van der Waals surface area contributed by atoms with Crippen molar-refractivity contribution in [1.29, 1.82) is 0 Å². The number of carbonyl (C=O) groups is 3. The number of ether oxygens (including phenoxy) is 1. The van der Waals surface area contributed by atoms with Crippen molar-refractivity contribution >= 4 is 17.8 Å². The van der Waals surface area contributed by atoms with E-state index in [4.69, 9.17) is 0 Å². The molecule has 3 aliphatic rings. The van der Waals surface area contributed by atoms with E-state index >= 15 is 0 Å². The number of likely N-dealkylation sites (tertiary alicyclic amines) is 1. The van der Waals surface area contributed by atoms with Crippen LogP contribution in [0.2, 0.25) is 0 Å². The number of hydrogen-bond acceptors (Lipinski definition) is 4. The average molecular weight is 529 g/mol. The van der Waals surface area contributed by atoms with Crippen LogP contribution in [0, 0.1) is 11.8 Å². The van der Waals surface area contributed by atoms with Crippen LogP contribution >= 0.6 is 0 Å². The highest BCUT2D eigenvalue weighted by Crippen LogP contribution is 2.46. The van der Waals surface area contributed by atoms with Gasteiger partial charge in [0.05, 0.1) is 24.7 Å². The molecule has 2 saturated carbocycles. The van der Waals surface area contributed by atoms with Crippen LogP contribution in [0.1, 0.15) is 75.4 Å². The van der Waals surface area contributed by atoms with Crippen molar-refractivity contribution in [2.24, 2.45) is 11.8 Å². The quantitative estimate of drug-likeness (QED) is 0.538. The molecule has 9 heteroatoms. The van der Waals surface area contributed by atoms with Gasteiger partial charge in [0.15, 0.2) is 0 Å². The fourth-order valence-corrected chi connectivity index (χ4v) is 6.05. The van der Waals surface area contributed by atoms with Crippen LogP contribution in [0.4, 0.5) is 13.2 Å². The lowest BCUT2D eigenvalue weighted by Gasteiger charge is -2.25. The van der Waals surface area contributed by atoms with Crippen LogP contribution in [-0.2, 0) is 22.1 Å². The van der Waals surface area contributed by atoms with E-state index < -0.39 is 23.6 Å². The molecule has 0 bridgehead atoms. The van der Waals surface area contributed by atoms with Gasteiger partial charge in [-0.1, -0.05) is 37.5 Å². The summed E-state index contributed by atoms with van der Waals surface area (Å²) in [7, 11) is 1.31. The highest BCUT2D eigenvalue weighted by atomic mass is 19.4. The second-order valence-corrected chi connectivity index (χ2v) is 10.6. The molecule has 1 unspecified atom stereocenters. The summed E-state index contributed by atoms with van der Waals surface area (Å²) >= 11 is 0. The predicted octanol–water partition coefficient (Wildman–Crippen LogP) is 4.97. The fourth-order valence-electron chi connectivity index (χ4n) is 6.05. The van der Waals surface area contributed by atoms with Gasteiger partial charge in [-0.2, -0.15) is 13.2 Å². The maximum atomic E-state index is 13.9. The van der Waals surface area contributed by atoms with Gasteiger partial charge in [0.25, 0.3) is 5.91 Å². The van der Waals surface area contributed by atoms with Gasteiger partial charge < -0.3 is 15.0 Å². The van der Waals surface area contributed by atoms with E-state index in [1.54, 1.807) is 29.2 Å². The molecule has 5 rings (SSSR count). The number of rotatable bonds is 6. The topological polar surface area (TPSA) is 75.7 Å². The highest BCUT2D eigenvalue weighted by Gasteiger charge is 2.57. The third-order valence-corrected chi connectivity index (χ3v) is 8.24. The van der Waals surface area contributed by atoms with E-state index in [0.29, 0.717) is 24.2 Å². The molecule has 1 aliphatic heterocycles. The Kier molecular flexibility index (Phi) is 7.20. The maximum Gasteiger partial charge on any atom is 0.416 e. The molecule has 0 radical (unpaired) electrons. The first kappa shape index (κ1) is 26.3. The average Bonchev–Trinajstić information content (AvgIpc) is 3.34. The minimum absolute atomic E-state index is 0.0187. The molecule has 0 spiro atoms. The molecule has 2 aromatic rings. The summed E-state index contributed by atoms with van der Waals surface area (Å²) in [6, 6.07) is 10.5. The lowest BCUT2D eigenvalue weighted by molar-refractivity contribution is -0.138. The smallest absolute Gasteiger partial charge is 0.416 e. The van der Waals surface area contributed by atoms with E-state index in [-0.39, 0.29) is 41.7 Å². The molecule has 38 heavy (non-hydrogen) atoms. The van der Waals surface area contributed by atoms with Gasteiger partial charge in [-0.15, -0.1) is 0 Å². The molecular weight excluding hydrogens is 497 g/mol. The van der Waals surface area contributed by atoms with Crippen molar-refractivity contribution < 1.29 is 32.3 Å². The highest BCUT2D eigenvalue weighted by molar-refractivity contribution is 5.95. The number of benzene rings is 2. The first-order valence-corrected chi connectivity index (χ1v) is 13.1. The molecule has 0 aromatic heterocycles. The zero-order valence-electron chi connectivity index (χ0n) is 21.2. The third-order valence-electron chi connectivity index (χ3n) is 8.24. The molecule has 1 N–H and O–H groups in total. The molecule has 2 aromatic carbocycles. The van der Waals surface area contributed by atoms with E-state index in [0.717, 1.165) is 43.7 Å². The second kappa shape index (κ2) is 10.4. The molecule has 2 aliphatic carbocycles. The monoisotopic (exact) mass is 528 g/mol. The zero-order valence-corrected chi connectivity index (χ0v) is 21.2. The second-order valence-electron chi connectivity index (χ2n) is 10.6. The Balaban J connectivity index is 1.16. The van der Waals surface area contributed by atoms with E-state index in [9.17, 15) is 27.6 Å². The normalized spacial score (nSPS) is 23.1.